The molecule has 1 atom stereocenters. The van der Waals surface area contributed by atoms with Crippen LogP contribution >= 0.6 is 15.9 Å². The molecule has 1 fully saturated rings. The number of amides is 1. The number of nitrogens with one attached hydrogen (secondary N) is 2. The van der Waals surface area contributed by atoms with E-state index in [1.807, 2.05) is 30.3 Å². The Morgan fingerprint density at radius 3 is 2.52 bits per heavy atom. The Labute approximate surface area is 143 Å². The first-order chi connectivity index (χ1) is 11.1. The summed E-state index contributed by atoms with van der Waals surface area (Å²) in [5.74, 6) is -0.232. The van der Waals surface area contributed by atoms with Gasteiger partial charge >= 0.3 is 0 Å². The van der Waals surface area contributed by atoms with E-state index >= 15 is 0 Å². The third-order valence-corrected chi connectivity index (χ3v) is 4.57. The van der Waals surface area contributed by atoms with Crippen LogP contribution in [0.25, 0.3) is 0 Å². The molecule has 1 unspecified atom stereocenters. The molecule has 0 radical (unpaired) electrons. The molecule has 2 aromatic rings. The highest BCUT2D eigenvalue weighted by molar-refractivity contribution is 9.10. The van der Waals surface area contributed by atoms with E-state index in [-0.39, 0.29) is 11.7 Å². The lowest BCUT2D eigenvalue weighted by atomic mass is 10.2. The molecular weight excluding hydrogens is 359 g/mol. The lowest BCUT2D eigenvalue weighted by molar-refractivity contribution is -0.917. The fourth-order valence-electron chi connectivity index (χ4n) is 2.67. The average molecular weight is 378 g/mol. The minimum atomic E-state index is -0.195. The van der Waals surface area contributed by atoms with Gasteiger partial charge in [-0.2, -0.15) is 0 Å². The van der Waals surface area contributed by atoms with Crippen molar-refractivity contribution in [3.8, 4) is 0 Å². The first-order valence-electron chi connectivity index (χ1n) is 7.75. The van der Waals surface area contributed by atoms with Crippen molar-refractivity contribution in [2.75, 3.05) is 11.9 Å². The molecule has 120 valence electrons. The monoisotopic (exact) mass is 377 g/mol. The van der Waals surface area contributed by atoms with Gasteiger partial charge in [0.1, 0.15) is 12.4 Å². The Balaban J connectivity index is 1.62. The molecule has 2 N–H and O–H groups in total. The molecule has 0 aliphatic heterocycles. The standard InChI is InChI=1S/C18H18BrFN2O/c19-14-5-7-15(8-6-14)21-18(23)12-22(16-9-10-16)11-13-3-1-2-4-17(13)20/h1-8,16H,9-12H2,(H,21,23)/p+1. The largest absolute Gasteiger partial charge is 0.321 e. The fourth-order valence-corrected chi connectivity index (χ4v) is 2.94. The summed E-state index contributed by atoms with van der Waals surface area (Å²) in [5, 5.41) is 2.91. The van der Waals surface area contributed by atoms with Crippen LogP contribution in [0.5, 0.6) is 0 Å². The van der Waals surface area contributed by atoms with Crippen LogP contribution in [0.1, 0.15) is 18.4 Å². The SMILES string of the molecule is O=C(C[NH+](Cc1ccccc1F)C1CC1)Nc1ccc(Br)cc1. The number of halogens is 2. The van der Waals surface area contributed by atoms with Gasteiger partial charge in [0, 0.05) is 28.6 Å². The number of quaternary nitrogens is 1. The highest BCUT2D eigenvalue weighted by atomic mass is 79.9. The normalized spacial score (nSPS) is 15.2. The number of anilines is 1. The molecule has 5 heteroatoms. The van der Waals surface area contributed by atoms with Gasteiger partial charge in [-0.25, -0.2) is 4.39 Å². The second-order valence-corrected chi connectivity index (χ2v) is 6.85. The molecule has 1 aliphatic carbocycles. The number of carbonyl (C=O) groups is 1. The van der Waals surface area contributed by atoms with Crippen LogP contribution in [0.2, 0.25) is 0 Å². The summed E-state index contributed by atoms with van der Waals surface area (Å²) >= 11 is 3.37. The molecule has 0 heterocycles. The summed E-state index contributed by atoms with van der Waals surface area (Å²) in [6.07, 6.45) is 2.21. The van der Waals surface area contributed by atoms with Gasteiger partial charge < -0.3 is 10.2 Å². The molecule has 2 aromatic carbocycles. The van der Waals surface area contributed by atoms with Crippen LogP contribution < -0.4 is 10.2 Å². The second-order valence-electron chi connectivity index (χ2n) is 5.93. The summed E-state index contributed by atoms with van der Waals surface area (Å²) in [6, 6.07) is 14.8. The van der Waals surface area contributed by atoms with Gasteiger partial charge in [-0.15, -0.1) is 0 Å². The van der Waals surface area contributed by atoms with Crippen LogP contribution in [-0.2, 0) is 11.3 Å². The average Bonchev–Trinajstić information content (AvgIpc) is 3.36. The zero-order valence-corrected chi connectivity index (χ0v) is 14.3. The highest BCUT2D eigenvalue weighted by Gasteiger charge is 2.35. The molecule has 1 amide bonds. The van der Waals surface area contributed by atoms with E-state index in [2.05, 4.69) is 21.2 Å². The summed E-state index contributed by atoms with van der Waals surface area (Å²) in [7, 11) is 0. The van der Waals surface area contributed by atoms with Crippen molar-refractivity contribution in [3.63, 3.8) is 0 Å². The maximum absolute atomic E-state index is 13.8. The van der Waals surface area contributed by atoms with Crippen molar-refractivity contribution < 1.29 is 14.1 Å². The van der Waals surface area contributed by atoms with E-state index in [0.29, 0.717) is 24.7 Å². The molecule has 0 spiro atoms. The molecule has 0 saturated heterocycles. The molecule has 3 nitrogen and oxygen atoms in total. The number of benzene rings is 2. The quantitative estimate of drug-likeness (QED) is 0.797. The van der Waals surface area contributed by atoms with Crippen LogP contribution in [0.4, 0.5) is 10.1 Å². The van der Waals surface area contributed by atoms with Gasteiger partial charge in [-0.05, 0) is 30.3 Å². The van der Waals surface area contributed by atoms with Crippen molar-refractivity contribution in [1.29, 1.82) is 0 Å². The van der Waals surface area contributed by atoms with Gasteiger partial charge in [-0.1, -0.05) is 34.1 Å². The third kappa shape index (κ3) is 4.62. The zero-order valence-electron chi connectivity index (χ0n) is 12.7. The lowest BCUT2D eigenvalue weighted by Gasteiger charge is -2.19. The minimum absolute atomic E-state index is 0.0365. The molecule has 3 rings (SSSR count). The Hall–Kier alpha value is -1.72. The van der Waals surface area contributed by atoms with E-state index in [1.165, 1.54) is 6.07 Å². The third-order valence-electron chi connectivity index (χ3n) is 4.05. The van der Waals surface area contributed by atoms with Gasteiger partial charge in [0.25, 0.3) is 5.91 Å². The minimum Gasteiger partial charge on any atom is -0.321 e. The molecule has 1 saturated carbocycles. The predicted molar refractivity (Wildman–Crippen MR) is 91.7 cm³/mol. The topological polar surface area (TPSA) is 33.5 Å². The van der Waals surface area contributed by atoms with Crippen LogP contribution in [0.3, 0.4) is 0 Å². The van der Waals surface area contributed by atoms with E-state index in [9.17, 15) is 9.18 Å². The predicted octanol–water partition coefficient (Wildman–Crippen LogP) is 2.77. The van der Waals surface area contributed by atoms with E-state index in [0.717, 1.165) is 27.9 Å². The van der Waals surface area contributed by atoms with Gasteiger partial charge in [0.05, 0.1) is 6.04 Å². The zero-order chi connectivity index (χ0) is 16.2. The summed E-state index contributed by atoms with van der Waals surface area (Å²) in [6.45, 7) is 0.903. The van der Waals surface area contributed by atoms with Crippen molar-refractivity contribution in [1.82, 2.24) is 0 Å². The number of hydrogen-bond acceptors (Lipinski definition) is 1. The fraction of sp³-hybridized carbons (Fsp3) is 0.278. The van der Waals surface area contributed by atoms with Gasteiger partial charge in [0.15, 0.2) is 6.54 Å². The number of carbonyl (C=O) groups excluding carboxylic acids is 1. The Bertz CT molecular complexity index is 686. The lowest BCUT2D eigenvalue weighted by Crippen LogP contribution is -3.13. The van der Waals surface area contributed by atoms with E-state index < -0.39 is 0 Å². The van der Waals surface area contributed by atoms with Crippen LogP contribution in [-0.4, -0.2) is 18.5 Å². The maximum atomic E-state index is 13.8. The first-order valence-corrected chi connectivity index (χ1v) is 8.54. The maximum Gasteiger partial charge on any atom is 0.279 e. The Kier molecular flexibility index (Phi) is 5.08. The molecule has 1 aliphatic rings. The molecule has 0 aromatic heterocycles. The summed E-state index contributed by atoms with van der Waals surface area (Å²) in [4.78, 5) is 13.4. The molecule has 0 bridgehead atoms. The second kappa shape index (κ2) is 7.23. The number of hydrogen-bond donors (Lipinski definition) is 2. The molecule has 23 heavy (non-hydrogen) atoms. The van der Waals surface area contributed by atoms with Crippen LogP contribution in [0.15, 0.2) is 53.0 Å². The van der Waals surface area contributed by atoms with Gasteiger partial charge in [0.2, 0.25) is 0 Å². The van der Waals surface area contributed by atoms with Crippen LogP contribution in [0, 0.1) is 5.82 Å². The van der Waals surface area contributed by atoms with Crippen molar-refractivity contribution in [2.24, 2.45) is 0 Å². The van der Waals surface area contributed by atoms with Gasteiger partial charge in [-0.3, -0.25) is 4.79 Å². The Morgan fingerprint density at radius 1 is 1.17 bits per heavy atom. The van der Waals surface area contributed by atoms with E-state index in [4.69, 9.17) is 0 Å². The summed E-state index contributed by atoms with van der Waals surface area (Å²) in [5.41, 5.74) is 1.45. The van der Waals surface area contributed by atoms with Crippen molar-refractivity contribution in [3.05, 3.63) is 64.4 Å². The summed E-state index contributed by atoms with van der Waals surface area (Å²) < 4.78 is 14.8. The van der Waals surface area contributed by atoms with Crippen molar-refractivity contribution in [2.45, 2.75) is 25.4 Å². The van der Waals surface area contributed by atoms with E-state index in [1.54, 1.807) is 12.1 Å². The highest BCUT2D eigenvalue weighted by Crippen LogP contribution is 2.17. The van der Waals surface area contributed by atoms with Crippen molar-refractivity contribution >= 4 is 27.5 Å². The smallest absolute Gasteiger partial charge is 0.279 e. The Morgan fingerprint density at radius 2 is 1.87 bits per heavy atom. The number of rotatable bonds is 6. The first kappa shape index (κ1) is 16.1. The molecular formula is C18H19BrFN2O+.